The van der Waals surface area contributed by atoms with Crippen molar-refractivity contribution in [2.24, 2.45) is 5.10 Å². The first-order valence-corrected chi connectivity index (χ1v) is 6.85. The maximum absolute atomic E-state index is 4.26. The topological polar surface area (TPSA) is 68.0 Å². The van der Waals surface area contributed by atoms with Crippen molar-refractivity contribution >= 4 is 22.7 Å². The molecule has 0 fully saturated rings. The van der Waals surface area contributed by atoms with Crippen molar-refractivity contribution in [3.8, 4) is 5.69 Å². The van der Waals surface area contributed by atoms with Crippen LogP contribution in [0.3, 0.4) is 0 Å². The van der Waals surface area contributed by atoms with Gasteiger partial charge in [0.2, 0.25) is 5.13 Å². The maximum atomic E-state index is 4.26. The van der Waals surface area contributed by atoms with E-state index in [0.29, 0.717) is 0 Å². The summed E-state index contributed by atoms with van der Waals surface area (Å²) in [6, 6.07) is 7.86. The highest BCUT2D eigenvalue weighted by Gasteiger charge is 1.97. The quantitative estimate of drug-likeness (QED) is 0.590. The van der Waals surface area contributed by atoms with Crippen LogP contribution in [0.4, 0.5) is 5.13 Å². The molecule has 0 aliphatic rings. The van der Waals surface area contributed by atoms with Gasteiger partial charge >= 0.3 is 0 Å². The van der Waals surface area contributed by atoms with Crippen molar-refractivity contribution in [2.75, 3.05) is 5.43 Å². The van der Waals surface area contributed by atoms with Crippen molar-refractivity contribution in [3.05, 3.63) is 53.6 Å². The minimum Gasteiger partial charge on any atom is -0.253 e. The number of benzene rings is 1. The van der Waals surface area contributed by atoms with Gasteiger partial charge in [0.25, 0.3) is 0 Å². The monoisotopic (exact) mass is 284 g/mol. The normalized spacial score (nSPS) is 11.1. The van der Waals surface area contributed by atoms with E-state index in [4.69, 9.17) is 0 Å². The van der Waals surface area contributed by atoms with Crippen LogP contribution < -0.4 is 5.43 Å². The van der Waals surface area contributed by atoms with E-state index in [1.807, 2.05) is 36.6 Å². The number of anilines is 1. The molecular formula is C13H12N6S. The molecule has 0 radical (unpaired) electrons. The van der Waals surface area contributed by atoms with Gasteiger partial charge in [-0.1, -0.05) is 12.1 Å². The number of aromatic nitrogens is 4. The number of aryl methyl sites for hydroxylation is 1. The lowest BCUT2D eigenvalue weighted by Crippen LogP contribution is -1.95. The van der Waals surface area contributed by atoms with Crippen LogP contribution in [-0.2, 0) is 0 Å². The van der Waals surface area contributed by atoms with Crippen molar-refractivity contribution < 1.29 is 0 Å². The molecule has 2 heterocycles. The second kappa shape index (κ2) is 5.62. The van der Waals surface area contributed by atoms with Gasteiger partial charge in [0, 0.05) is 5.38 Å². The van der Waals surface area contributed by atoms with Crippen molar-refractivity contribution in [1.29, 1.82) is 0 Å². The van der Waals surface area contributed by atoms with Gasteiger partial charge in [-0.15, -0.1) is 11.3 Å². The highest BCUT2D eigenvalue weighted by Crippen LogP contribution is 2.14. The van der Waals surface area contributed by atoms with E-state index in [9.17, 15) is 0 Å². The van der Waals surface area contributed by atoms with Crippen LogP contribution in [0, 0.1) is 6.92 Å². The Kier molecular flexibility index (Phi) is 3.51. The van der Waals surface area contributed by atoms with E-state index in [1.165, 1.54) is 17.7 Å². The standard InChI is InChI=1S/C13H12N6S/c1-10-7-20-13(17-10)18-15-6-11-2-4-12(5-3-11)19-9-14-8-16-19/h2-9H,1H3,(H,17,18). The van der Waals surface area contributed by atoms with Gasteiger partial charge in [-0.3, -0.25) is 5.43 Å². The summed E-state index contributed by atoms with van der Waals surface area (Å²) in [6.07, 6.45) is 4.92. The lowest BCUT2D eigenvalue weighted by Gasteiger charge is -2.00. The zero-order valence-corrected chi connectivity index (χ0v) is 11.6. The van der Waals surface area contributed by atoms with E-state index in [0.717, 1.165) is 22.1 Å². The van der Waals surface area contributed by atoms with Crippen LogP contribution in [0.2, 0.25) is 0 Å². The van der Waals surface area contributed by atoms with Crippen molar-refractivity contribution in [3.63, 3.8) is 0 Å². The number of nitrogens with zero attached hydrogens (tertiary/aromatic N) is 5. The van der Waals surface area contributed by atoms with Gasteiger partial charge in [0.05, 0.1) is 17.6 Å². The smallest absolute Gasteiger partial charge is 0.203 e. The first kappa shape index (κ1) is 12.5. The lowest BCUT2D eigenvalue weighted by molar-refractivity contribution is 0.879. The van der Waals surface area contributed by atoms with Gasteiger partial charge in [-0.05, 0) is 24.6 Å². The molecule has 0 aliphatic carbocycles. The Morgan fingerprint density at radius 3 is 2.80 bits per heavy atom. The van der Waals surface area contributed by atoms with Crippen LogP contribution in [0.5, 0.6) is 0 Å². The van der Waals surface area contributed by atoms with E-state index in [-0.39, 0.29) is 0 Å². The molecule has 0 aliphatic heterocycles. The van der Waals surface area contributed by atoms with E-state index in [1.54, 1.807) is 17.2 Å². The summed E-state index contributed by atoms with van der Waals surface area (Å²) < 4.78 is 1.71. The third-order valence-electron chi connectivity index (χ3n) is 2.57. The summed E-state index contributed by atoms with van der Waals surface area (Å²) in [5.41, 5.74) is 5.85. The number of hydrogen-bond acceptors (Lipinski definition) is 6. The Balaban J connectivity index is 1.66. The molecule has 0 saturated carbocycles. The van der Waals surface area contributed by atoms with Crippen molar-refractivity contribution in [1.82, 2.24) is 19.7 Å². The molecule has 100 valence electrons. The van der Waals surface area contributed by atoms with Gasteiger partial charge in [-0.25, -0.2) is 14.6 Å². The summed E-state index contributed by atoms with van der Waals surface area (Å²) in [4.78, 5) is 8.18. The number of hydrogen-bond donors (Lipinski definition) is 1. The zero-order chi connectivity index (χ0) is 13.8. The average Bonchev–Trinajstić information content (AvgIpc) is 3.11. The summed E-state index contributed by atoms with van der Waals surface area (Å²) in [5, 5.41) is 11.0. The Labute approximate surface area is 119 Å². The van der Waals surface area contributed by atoms with Gasteiger partial charge in [-0.2, -0.15) is 10.2 Å². The zero-order valence-electron chi connectivity index (χ0n) is 10.8. The molecule has 1 aromatic carbocycles. The molecule has 3 aromatic rings. The van der Waals surface area contributed by atoms with Crippen LogP contribution in [-0.4, -0.2) is 26.0 Å². The van der Waals surface area contributed by atoms with Crippen molar-refractivity contribution in [2.45, 2.75) is 6.92 Å². The Morgan fingerprint density at radius 1 is 1.30 bits per heavy atom. The molecule has 0 saturated heterocycles. The number of thiazole rings is 1. The summed E-state index contributed by atoms with van der Waals surface area (Å²) in [7, 11) is 0. The highest BCUT2D eigenvalue weighted by atomic mass is 32.1. The summed E-state index contributed by atoms with van der Waals surface area (Å²) in [6.45, 7) is 1.95. The second-order valence-electron chi connectivity index (χ2n) is 4.10. The van der Waals surface area contributed by atoms with Crippen LogP contribution >= 0.6 is 11.3 Å². The summed E-state index contributed by atoms with van der Waals surface area (Å²) in [5.74, 6) is 0. The first-order chi connectivity index (χ1) is 9.81. The van der Waals surface area contributed by atoms with E-state index >= 15 is 0 Å². The molecule has 0 bridgehead atoms. The number of hydrazone groups is 1. The Bertz CT molecular complexity index is 699. The fourth-order valence-electron chi connectivity index (χ4n) is 1.62. The van der Waals surface area contributed by atoms with E-state index in [2.05, 4.69) is 25.6 Å². The Morgan fingerprint density at radius 2 is 2.15 bits per heavy atom. The molecule has 0 spiro atoms. The van der Waals surface area contributed by atoms with Gasteiger partial charge in [0.15, 0.2) is 0 Å². The molecular weight excluding hydrogens is 272 g/mol. The molecule has 0 atom stereocenters. The Hall–Kier alpha value is -2.54. The third kappa shape index (κ3) is 2.89. The average molecular weight is 284 g/mol. The molecule has 20 heavy (non-hydrogen) atoms. The van der Waals surface area contributed by atoms with Crippen LogP contribution in [0.25, 0.3) is 5.69 Å². The molecule has 0 amide bonds. The predicted molar refractivity (Wildman–Crippen MR) is 79.4 cm³/mol. The van der Waals surface area contributed by atoms with Gasteiger partial charge in [0.1, 0.15) is 12.7 Å². The second-order valence-corrected chi connectivity index (χ2v) is 4.95. The maximum Gasteiger partial charge on any atom is 0.203 e. The van der Waals surface area contributed by atoms with E-state index < -0.39 is 0 Å². The third-order valence-corrected chi connectivity index (χ3v) is 3.43. The molecule has 1 N–H and O–H groups in total. The summed E-state index contributed by atoms with van der Waals surface area (Å²) >= 11 is 1.53. The molecule has 0 unspecified atom stereocenters. The van der Waals surface area contributed by atoms with Crippen LogP contribution in [0.1, 0.15) is 11.3 Å². The largest absolute Gasteiger partial charge is 0.253 e. The molecule has 7 heteroatoms. The molecule has 6 nitrogen and oxygen atoms in total. The highest BCUT2D eigenvalue weighted by molar-refractivity contribution is 7.13. The van der Waals surface area contributed by atoms with Gasteiger partial charge < -0.3 is 0 Å². The first-order valence-electron chi connectivity index (χ1n) is 5.97. The number of rotatable bonds is 4. The lowest BCUT2D eigenvalue weighted by atomic mass is 10.2. The fourth-order valence-corrected chi connectivity index (χ4v) is 2.26. The number of nitrogens with one attached hydrogen (secondary N) is 1. The minimum absolute atomic E-state index is 0.790. The SMILES string of the molecule is Cc1csc(NN=Cc2ccc(-n3cncn3)cc2)n1. The van der Waals surface area contributed by atoms with Crippen LogP contribution in [0.15, 0.2) is 47.4 Å². The predicted octanol–water partition coefficient (Wildman–Crippen LogP) is 2.48. The minimum atomic E-state index is 0.790. The fraction of sp³-hybridized carbons (Fsp3) is 0.0769. The molecule has 3 rings (SSSR count). The molecule has 2 aromatic heterocycles.